The largest absolute Gasteiger partial charge is 0.329 e. The van der Waals surface area contributed by atoms with E-state index in [2.05, 4.69) is 10.1 Å². The lowest BCUT2D eigenvalue weighted by Crippen LogP contribution is -2.29. The van der Waals surface area contributed by atoms with Crippen molar-refractivity contribution < 1.29 is 4.79 Å². The second-order valence-electron chi connectivity index (χ2n) is 7.11. The monoisotopic (exact) mass is 389 g/mol. The van der Waals surface area contributed by atoms with Crippen LogP contribution in [-0.2, 0) is 12.8 Å². The maximum Gasteiger partial charge on any atom is 0.257 e. The van der Waals surface area contributed by atoms with Crippen molar-refractivity contribution in [1.29, 1.82) is 0 Å². The summed E-state index contributed by atoms with van der Waals surface area (Å²) in [5, 5.41) is 4.45. The number of nitrogens with zero attached hydrogens (tertiary/aromatic N) is 2. The fraction of sp³-hybridized carbons (Fsp3) is 0.316. The van der Waals surface area contributed by atoms with Gasteiger partial charge >= 0.3 is 0 Å². The molecule has 3 heterocycles. The van der Waals surface area contributed by atoms with Crippen molar-refractivity contribution in [2.75, 3.05) is 0 Å². The molecule has 0 unspecified atom stereocenters. The van der Waals surface area contributed by atoms with Gasteiger partial charge in [0.15, 0.2) is 0 Å². The number of aromatic nitrogens is 3. The summed E-state index contributed by atoms with van der Waals surface area (Å²) in [5.41, 5.74) is 0.939. The predicted molar refractivity (Wildman–Crippen MR) is 105 cm³/mol. The molecular formula is C19H20ClN3O2S. The number of nitrogens with one attached hydrogen (secondary N) is 1. The second kappa shape index (κ2) is 7.21. The molecule has 5 nitrogen and oxygen atoms in total. The third-order valence-corrected chi connectivity index (χ3v) is 5.26. The molecule has 1 N–H and O–H groups in total. The van der Waals surface area contributed by atoms with Gasteiger partial charge in [-0.05, 0) is 43.2 Å². The van der Waals surface area contributed by atoms with E-state index in [0.717, 1.165) is 21.3 Å². The molecule has 0 aliphatic carbocycles. The maximum atomic E-state index is 12.8. The van der Waals surface area contributed by atoms with Gasteiger partial charge in [0.05, 0.1) is 15.6 Å². The maximum absolute atomic E-state index is 12.8. The van der Waals surface area contributed by atoms with Crippen molar-refractivity contribution in [2.45, 2.75) is 33.6 Å². The molecule has 0 atom stereocenters. The Bertz CT molecular complexity index is 995. The van der Waals surface area contributed by atoms with Crippen LogP contribution in [0.25, 0.3) is 11.3 Å². The van der Waals surface area contributed by atoms with Gasteiger partial charge in [-0.3, -0.25) is 9.59 Å². The molecule has 0 fully saturated rings. The fourth-order valence-corrected chi connectivity index (χ4v) is 3.67. The average molecular weight is 390 g/mol. The summed E-state index contributed by atoms with van der Waals surface area (Å²) in [5.74, 6) is -0.102. The summed E-state index contributed by atoms with van der Waals surface area (Å²) in [6, 6.07) is 9.13. The highest BCUT2D eigenvalue weighted by Crippen LogP contribution is 2.25. The van der Waals surface area contributed by atoms with Crippen LogP contribution in [0.2, 0.25) is 4.34 Å². The Balaban J connectivity index is 1.99. The van der Waals surface area contributed by atoms with Gasteiger partial charge in [-0.15, -0.1) is 11.3 Å². The van der Waals surface area contributed by atoms with Gasteiger partial charge in [0.1, 0.15) is 0 Å². The number of halogens is 1. The van der Waals surface area contributed by atoms with Gasteiger partial charge in [-0.2, -0.15) is 5.10 Å². The Hall–Kier alpha value is -2.18. The minimum Gasteiger partial charge on any atom is -0.329 e. The minimum atomic E-state index is -0.576. The molecule has 0 aromatic carbocycles. The first-order valence-electron chi connectivity index (χ1n) is 8.32. The molecule has 3 aromatic rings. The quantitative estimate of drug-likeness (QED) is 0.717. The van der Waals surface area contributed by atoms with E-state index in [-0.39, 0.29) is 11.5 Å². The van der Waals surface area contributed by atoms with E-state index in [4.69, 9.17) is 11.6 Å². The zero-order chi connectivity index (χ0) is 18.9. The van der Waals surface area contributed by atoms with E-state index in [9.17, 15) is 9.59 Å². The van der Waals surface area contributed by atoms with Crippen LogP contribution in [0.1, 0.15) is 36.1 Å². The van der Waals surface area contributed by atoms with Gasteiger partial charge in [0.2, 0.25) is 0 Å². The predicted octanol–water partition coefficient (Wildman–Crippen LogP) is 4.42. The van der Waals surface area contributed by atoms with E-state index in [1.54, 1.807) is 18.3 Å². The Kier molecular flexibility index (Phi) is 5.16. The molecule has 0 radical (unpaired) electrons. The number of aromatic amines is 1. The third kappa shape index (κ3) is 3.97. The smallest absolute Gasteiger partial charge is 0.257 e. The minimum absolute atomic E-state index is 0.102. The van der Waals surface area contributed by atoms with Gasteiger partial charge in [0.25, 0.3) is 11.5 Å². The molecule has 3 rings (SSSR count). The zero-order valence-corrected chi connectivity index (χ0v) is 16.4. The van der Waals surface area contributed by atoms with E-state index in [1.807, 2.05) is 39.0 Å². The lowest BCUT2D eigenvalue weighted by atomic mass is 9.95. The molecule has 7 heteroatoms. The Labute approximate surface area is 160 Å². The molecule has 26 heavy (non-hydrogen) atoms. The summed E-state index contributed by atoms with van der Waals surface area (Å²) < 4.78 is 2.19. The fourth-order valence-electron chi connectivity index (χ4n) is 2.58. The van der Waals surface area contributed by atoms with E-state index in [1.165, 1.54) is 16.0 Å². The second-order valence-corrected chi connectivity index (χ2v) is 8.91. The summed E-state index contributed by atoms with van der Waals surface area (Å²) in [6.07, 6.45) is 2.96. The molecule has 0 amide bonds. The van der Waals surface area contributed by atoms with Crippen LogP contribution in [0.4, 0.5) is 0 Å². The van der Waals surface area contributed by atoms with Crippen LogP contribution < -0.4 is 5.56 Å². The van der Waals surface area contributed by atoms with Crippen LogP contribution in [0.5, 0.6) is 0 Å². The lowest BCUT2D eigenvalue weighted by Gasteiger charge is -2.17. The molecule has 0 aliphatic rings. The SMILES string of the molecule is CC(C)(C)C(=O)n1nc(-c2ccc[nH]c2=O)cc1CCc1ccc(Cl)s1. The van der Waals surface area contributed by atoms with Crippen molar-refractivity contribution in [3.05, 3.63) is 61.8 Å². The molecule has 0 bridgehead atoms. The summed E-state index contributed by atoms with van der Waals surface area (Å²) in [6.45, 7) is 5.57. The summed E-state index contributed by atoms with van der Waals surface area (Å²) >= 11 is 7.52. The highest BCUT2D eigenvalue weighted by Gasteiger charge is 2.27. The van der Waals surface area contributed by atoms with Gasteiger partial charge in [-0.1, -0.05) is 32.4 Å². The van der Waals surface area contributed by atoms with Crippen LogP contribution in [0, 0.1) is 5.41 Å². The zero-order valence-electron chi connectivity index (χ0n) is 14.9. The van der Waals surface area contributed by atoms with Crippen LogP contribution in [0.3, 0.4) is 0 Å². The normalized spacial score (nSPS) is 11.7. The first kappa shape index (κ1) is 18.6. The number of aryl methyl sites for hydroxylation is 2. The first-order chi connectivity index (χ1) is 12.3. The van der Waals surface area contributed by atoms with Crippen LogP contribution in [-0.4, -0.2) is 20.7 Å². The molecule has 0 aliphatic heterocycles. The number of thiophene rings is 1. The van der Waals surface area contributed by atoms with E-state index < -0.39 is 5.41 Å². The van der Waals surface area contributed by atoms with Crippen LogP contribution in [0.15, 0.2) is 41.3 Å². The number of hydrogen-bond donors (Lipinski definition) is 1. The Morgan fingerprint density at radius 2 is 2.04 bits per heavy atom. The number of rotatable bonds is 4. The van der Waals surface area contributed by atoms with Crippen molar-refractivity contribution in [3.8, 4) is 11.3 Å². The molecule has 0 spiro atoms. The van der Waals surface area contributed by atoms with Gasteiger partial charge < -0.3 is 4.98 Å². The van der Waals surface area contributed by atoms with Gasteiger partial charge in [0, 0.05) is 22.2 Å². The van der Waals surface area contributed by atoms with Crippen molar-refractivity contribution in [3.63, 3.8) is 0 Å². The average Bonchev–Trinajstić information content (AvgIpc) is 3.18. The highest BCUT2D eigenvalue weighted by atomic mass is 35.5. The Morgan fingerprint density at radius 1 is 1.27 bits per heavy atom. The highest BCUT2D eigenvalue weighted by molar-refractivity contribution is 7.16. The van der Waals surface area contributed by atoms with E-state index in [0.29, 0.717) is 17.7 Å². The van der Waals surface area contributed by atoms with Crippen molar-refractivity contribution >= 4 is 28.8 Å². The molecule has 136 valence electrons. The number of carbonyl (C=O) groups excluding carboxylic acids is 1. The molecular weight excluding hydrogens is 370 g/mol. The lowest BCUT2D eigenvalue weighted by molar-refractivity contribution is 0.0745. The summed E-state index contributed by atoms with van der Waals surface area (Å²) in [7, 11) is 0. The number of carbonyl (C=O) groups is 1. The van der Waals surface area contributed by atoms with Crippen LogP contribution >= 0.6 is 22.9 Å². The number of pyridine rings is 1. The molecule has 0 saturated carbocycles. The molecule has 0 saturated heterocycles. The summed E-state index contributed by atoms with van der Waals surface area (Å²) in [4.78, 5) is 28.7. The third-order valence-electron chi connectivity index (χ3n) is 3.97. The Morgan fingerprint density at radius 3 is 2.65 bits per heavy atom. The number of H-pyrrole nitrogens is 1. The topological polar surface area (TPSA) is 67.8 Å². The first-order valence-corrected chi connectivity index (χ1v) is 9.51. The standard InChI is InChI=1S/C19H20ClN3O2S/c1-19(2,3)18(25)23-12(6-7-13-8-9-16(20)26-13)11-15(22-23)14-5-4-10-21-17(14)24/h4-5,8-11H,6-7H2,1-3H3,(H,21,24). The van der Waals surface area contributed by atoms with E-state index >= 15 is 0 Å². The van der Waals surface area contributed by atoms with Crippen molar-refractivity contribution in [1.82, 2.24) is 14.8 Å². The molecule has 3 aromatic heterocycles. The van der Waals surface area contributed by atoms with Gasteiger partial charge in [-0.25, -0.2) is 4.68 Å². The van der Waals surface area contributed by atoms with Crippen molar-refractivity contribution in [2.24, 2.45) is 5.41 Å². The number of hydrogen-bond acceptors (Lipinski definition) is 4.